The number of hydrogen-bond donors (Lipinski definition) is 2. The van der Waals surface area contributed by atoms with Crippen LogP contribution in [-0.2, 0) is 11.2 Å². The number of carboxylic acid groups (broad SMARTS) is 1. The lowest BCUT2D eigenvalue weighted by molar-refractivity contribution is -0.132. The molecule has 0 amide bonds. The Hall–Kier alpha value is -1.77. The number of carboxylic acids is 1. The topological polar surface area (TPSA) is 57.5 Å². The van der Waals surface area contributed by atoms with E-state index >= 15 is 0 Å². The van der Waals surface area contributed by atoms with E-state index in [-0.39, 0.29) is 11.3 Å². The molecule has 0 spiro atoms. The molecule has 0 heterocycles. The molecule has 0 unspecified atom stereocenters. The zero-order chi connectivity index (χ0) is 16.4. The lowest BCUT2D eigenvalue weighted by atomic mass is 9.97. The standard InChI is InChI=1S/C19H28O3/c1-3-4-5-6-7-8-9-12-16-13-10-11-14-17(16)18(20)15(2)19(21)22/h10-11,13-14,20H,3-9,12H2,1-2H3,(H,21,22)/b18-15-. The van der Waals surface area contributed by atoms with E-state index in [0.717, 1.165) is 18.4 Å². The number of unbranched alkanes of at least 4 members (excludes halogenated alkanes) is 6. The molecule has 2 N–H and O–H groups in total. The Morgan fingerprint density at radius 3 is 2.18 bits per heavy atom. The van der Waals surface area contributed by atoms with Crippen LogP contribution in [0.3, 0.4) is 0 Å². The maximum absolute atomic E-state index is 11.0. The molecule has 0 aromatic heterocycles. The van der Waals surface area contributed by atoms with Gasteiger partial charge in [-0.2, -0.15) is 0 Å². The summed E-state index contributed by atoms with van der Waals surface area (Å²) in [6, 6.07) is 7.52. The lowest BCUT2D eigenvalue weighted by Gasteiger charge is -2.10. The van der Waals surface area contributed by atoms with Gasteiger partial charge in [0.25, 0.3) is 0 Å². The molecule has 0 saturated carbocycles. The van der Waals surface area contributed by atoms with Crippen LogP contribution in [0.5, 0.6) is 0 Å². The number of carbonyl (C=O) groups is 1. The number of aryl methyl sites for hydroxylation is 1. The van der Waals surface area contributed by atoms with Crippen LogP contribution in [0.1, 0.15) is 69.9 Å². The van der Waals surface area contributed by atoms with Crippen LogP contribution >= 0.6 is 0 Å². The zero-order valence-corrected chi connectivity index (χ0v) is 13.8. The van der Waals surface area contributed by atoms with Crippen molar-refractivity contribution in [3.63, 3.8) is 0 Å². The van der Waals surface area contributed by atoms with Crippen LogP contribution < -0.4 is 0 Å². The van der Waals surface area contributed by atoms with Gasteiger partial charge in [-0.05, 0) is 25.3 Å². The van der Waals surface area contributed by atoms with Crippen molar-refractivity contribution in [2.45, 2.75) is 65.2 Å². The number of rotatable bonds is 10. The van der Waals surface area contributed by atoms with Gasteiger partial charge in [0.15, 0.2) is 0 Å². The van der Waals surface area contributed by atoms with E-state index in [1.807, 2.05) is 18.2 Å². The predicted octanol–water partition coefficient (Wildman–Crippen LogP) is 5.35. The third-order valence-electron chi connectivity index (χ3n) is 4.00. The van der Waals surface area contributed by atoms with Crippen molar-refractivity contribution in [3.8, 4) is 0 Å². The number of aliphatic hydroxyl groups excluding tert-OH is 1. The van der Waals surface area contributed by atoms with Crippen LogP contribution in [0, 0.1) is 0 Å². The van der Waals surface area contributed by atoms with Gasteiger partial charge in [0.1, 0.15) is 5.76 Å². The predicted molar refractivity (Wildman–Crippen MR) is 91.0 cm³/mol. The van der Waals surface area contributed by atoms with Crippen LogP contribution in [0.4, 0.5) is 0 Å². The van der Waals surface area contributed by atoms with Crippen molar-refractivity contribution < 1.29 is 15.0 Å². The van der Waals surface area contributed by atoms with E-state index in [2.05, 4.69) is 6.92 Å². The van der Waals surface area contributed by atoms with Crippen LogP contribution in [0.15, 0.2) is 29.8 Å². The van der Waals surface area contributed by atoms with E-state index in [0.29, 0.717) is 5.56 Å². The summed E-state index contributed by atoms with van der Waals surface area (Å²) in [7, 11) is 0. The molecular weight excluding hydrogens is 276 g/mol. The first-order valence-electron chi connectivity index (χ1n) is 8.29. The van der Waals surface area contributed by atoms with Crippen molar-refractivity contribution in [3.05, 3.63) is 41.0 Å². The number of hydrogen-bond acceptors (Lipinski definition) is 2. The molecule has 22 heavy (non-hydrogen) atoms. The fourth-order valence-corrected chi connectivity index (χ4v) is 2.55. The molecule has 122 valence electrons. The Labute approximate surface area is 133 Å². The summed E-state index contributed by atoms with van der Waals surface area (Å²) in [5.41, 5.74) is 1.66. The second kappa shape index (κ2) is 10.0. The number of aliphatic hydroxyl groups is 1. The molecule has 3 heteroatoms. The fraction of sp³-hybridized carbons (Fsp3) is 0.526. The first-order chi connectivity index (χ1) is 10.6. The molecular formula is C19H28O3. The Balaban J connectivity index is 2.58. The summed E-state index contributed by atoms with van der Waals surface area (Å²) in [6.45, 7) is 3.65. The normalized spacial score (nSPS) is 12.1. The Morgan fingerprint density at radius 1 is 0.955 bits per heavy atom. The van der Waals surface area contributed by atoms with Gasteiger partial charge in [-0.15, -0.1) is 0 Å². The Bertz CT molecular complexity index is 503. The number of aliphatic carboxylic acids is 1. The van der Waals surface area contributed by atoms with E-state index in [9.17, 15) is 9.90 Å². The minimum Gasteiger partial charge on any atom is -0.507 e. The van der Waals surface area contributed by atoms with Gasteiger partial charge in [0.05, 0.1) is 5.57 Å². The van der Waals surface area contributed by atoms with Gasteiger partial charge >= 0.3 is 5.97 Å². The monoisotopic (exact) mass is 304 g/mol. The summed E-state index contributed by atoms with van der Waals surface area (Å²) in [4.78, 5) is 11.0. The Morgan fingerprint density at radius 2 is 1.55 bits per heavy atom. The minimum atomic E-state index is -1.08. The molecule has 1 rings (SSSR count). The lowest BCUT2D eigenvalue weighted by Crippen LogP contribution is -2.02. The molecule has 0 aliphatic heterocycles. The summed E-state index contributed by atoms with van der Waals surface area (Å²) in [5.74, 6) is -1.20. The van der Waals surface area contributed by atoms with E-state index < -0.39 is 5.97 Å². The van der Waals surface area contributed by atoms with Gasteiger partial charge in [0, 0.05) is 5.56 Å². The smallest absolute Gasteiger partial charge is 0.335 e. The molecule has 0 saturated heterocycles. The highest BCUT2D eigenvalue weighted by Gasteiger charge is 2.13. The third kappa shape index (κ3) is 5.92. The highest BCUT2D eigenvalue weighted by atomic mass is 16.4. The van der Waals surface area contributed by atoms with E-state index in [1.165, 1.54) is 45.4 Å². The van der Waals surface area contributed by atoms with Gasteiger partial charge < -0.3 is 10.2 Å². The average Bonchev–Trinajstić information content (AvgIpc) is 2.53. The molecule has 0 aliphatic rings. The second-order valence-corrected chi connectivity index (χ2v) is 5.81. The van der Waals surface area contributed by atoms with Gasteiger partial charge in [-0.3, -0.25) is 0 Å². The Kier molecular flexibility index (Phi) is 8.34. The SMILES string of the molecule is CCCCCCCCCc1ccccc1/C(O)=C(\C)C(=O)O. The van der Waals surface area contributed by atoms with Crippen LogP contribution in [0.25, 0.3) is 5.76 Å². The maximum atomic E-state index is 11.0. The van der Waals surface area contributed by atoms with E-state index in [4.69, 9.17) is 5.11 Å². The number of benzene rings is 1. The van der Waals surface area contributed by atoms with Gasteiger partial charge in [0.2, 0.25) is 0 Å². The minimum absolute atomic E-state index is 0.00739. The first kappa shape index (κ1) is 18.3. The average molecular weight is 304 g/mol. The first-order valence-corrected chi connectivity index (χ1v) is 8.29. The summed E-state index contributed by atoms with van der Waals surface area (Å²) >= 11 is 0. The summed E-state index contributed by atoms with van der Waals surface area (Å²) < 4.78 is 0. The third-order valence-corrected chi connectivity index (χ3v) is 4.00. The zero-order valence-electron chi connectivity index (χ0n) is 13.8. The molecule has 0 radical (unpaired) electrons. The summed E-state index contributed by atoms with van der Waals surface area (Å²) in [6.07, 6.45) is 9.56. The van der Waals surface area contributed by atoms with Crippen molar-refractivity contribution in [2.75, 3.05) is 0 Å². The quantitative estimate of drug-likeness (QED) is 0.348. The molecule has 1 aromatic carbocycles. The molecule has 1 aromatic rings. The van der Waals surface area contributed by atoms with Crippen molar-refractivity contribution >= 4 is 11.7 Å². The van der Waals surface area contributed by atoms with Crippen molar-refractivity contribution in [1.29, 1.82) is 0 Å². The summed E-state index contributed by atoms with van der Waals surface area (Å²) in [5, 5.41) is 19.1. The molecule has 0 fully saturated rings. The highest BCUT2D eigenvalue weighted by Crippen LogP contribution is 2.22. The highest BCUT2D eigenvalue weighted by molar-refractivity contribution is 5.94. The fourth-order valence-electron chi connectivity index (χ4n) is 2.55. The molecule has 0 bridgehead atoms. The van der Waals surface area contributed by atoms with Crippen LogP contribution in [0.2, 0.25) is 0 Å². The van der Waals surface area contributed by atoms with Crippen molar-refractivity contribution in [1.82, 2.24) is 0 Å². The van der Waals surface area contributed by atoms with Crippen LogP contribution in [-0.4, -0.2) is 16.2 Å². The molecule has 3 nitrogen and oxygen atoms in total. The largest absolute Gasteiger partial charge is 0.507 e. The van der Waals surface area contributed by atoms with Gasteiger partial charge in [-0.1, -0.05) is 69.7 Å². The van der Waals surface area contributed by atoms with E-state index in [1.54, 1.807) is 6.07 Å². The van der Waals surface area contributed by atoms with Crippen molar-refractivity contribution in [2.24, 2.45) is 0 Å². The second-order valence-electron chi connectivity index (χ2n) is 5.81. The maximum Gasteiger partial charge on any atom is 0.335 e. The van der Waals surface area contributed by atoms with Gasteiger partial charge in [-0.25, -0.2) is 4.79 Å². The molecule has 0 atom stereocenters. The molecule has 0 aliphatic carbocycles.